The number of aryl methyl sites for hydroxylation is 1. The van der Waals surface area contributed by atoms with Crippen molar-refractivity contribution in [2.24, 2.45) is 0 Å². The van der Waals surface area contributed by atoms with Gasteiger partial charge < -0.3 is 18.1 Å². The van der Waals surface area contributed by atoms with Gasteiger partial charge >= 0.3 is 18.9 Å². The predicted molar refractivity (Wildman–Crippen MR) is 60.2 cm³/mol. The Labute approximate surface area is 105 Å². The zero-order chi connectivity index (χ0) is 10.6. The Morgan fingerprint density at radius 2 is 2.07 bits per heavy atom. The van der Waals surface area contributed by atoms with Crippen LogP contribution in [0.2, 0.25) is 0 Å². The van der Waals surface area contributed by atoms with Crippen LogP contribution in [-0.4, -0.2) is 12.1 Å². The van der Waals surface area contributed by atoms with Crippen LogP contribution in [0.15, 0.2) is 18.2 Å². The predicted octanol–water partition coefficient (Wildman–Crippen LogP) is -0.452. The van der Waals surface area contributed by atoms with Crippen LogP contribution in [0.4, 0.5) is 0 Å². The van der Waals surface area contributed by atoms with Crippen molar-refractivity contribution in [1.82, 2.24) is 0 Å². The molecule has 0 saturated carbocycles. The van der Waals surface area contributed by atoms with Gasteiger partial charge in [-0.25, -0.2) is 0 Å². The summed E-state index contributed by atoms with van der Waals surface area (Å²) < 4.78 is 5.54. The number of carbonyl (C=O) groups is 1. The molecule has 0 atom stereocenters. The molecule has 0 radical (unpaired) electrons. The van der Waals surface area contributed by atoms with Crippen LogP contribution in [0.3, 0.4) is 0 Å². The molecule has 2 nitrogen and oxygen atoms in total. The molecule has 0 aliphatic heterocycles. The Bertz CT molecular complexity index is 326. The van der Waals surface area contributed by atoms with Crippen molar-refractivity contribution in [2.45, 2.75) is 26.9 Å². The summed E-state index contributed by atoms with van der Waals surface area (Å²) in [6, 6.07) is 6.69. The maximum absolute atomic E-state index is 10.3. The van der Waals surface area contributed by atoms with Gasteiger partial charge in [0, 0.05) is 0 Å². The summed E-state index contributed by atoms with van der Waals surface area (Å²) in [6.45, 7) is 5.97. The summed E-state index contributed by atoms with van der Waals surface area (Å²) in [5.74, 6) is 0.863. The smallest absolute Gasteiger partial charge is 0.491 e. The molecule has 0 unspecified atom stereocenters. The van der Waals surface area contributed by atoms with Gasteiger partial charge in [0.25, 0.3) is 0 Å². The van der Waals surface area contributed by atoms with E-state index in [-0.39, 0.29) is 25.0 Å². The van der Waals surface area contributed by atoms with Crippen molar-refractivity contribution in [3.63, 3.8) is 0 Å². The van der Waals surface area contributed by atoms with Crippen LogP contribution in [-0.2, 0) is 4.79 Å². The van der Waals surface area contributed by atoms with E-state index < -0.39 is 0 Å². The summed E-state index contributed by atoms with van der Waals surface area (Å²) >= 11 is 0. The maximum atomic E-state index is 10.3. The van der Waals surface area contributed by atoms with Crippen molar-refractivity contribution in [1.29, 1.82) is 0 Å². The quantitative estimate of drug-likeness (QED) is 0.387. The van der Waals surface area contributed by atoms with Crippen LogP contribution in [0.1, 0.15) is 19.4 Å². The van der Waals surface area contributed by atoms with Gasteiger partial charge in [0.15, 0.2) is 0 Å². The Morgan fingerprint density at radius 3 is 2.53 bits per heavy atom. The Hall–Kier alpha value is -0.283. The molecule has 1 rings (SSSR count). The minimum atomic E-state index is 0. The summed E-state index contributed by atoms with van der Waals surface area (Å²) in [7, 11) is 0.718. The third-order valence-electron chi connectivity index (χ3n) is 1.73. The topological polar surface area (TPSA) is 26.3 Å². The van der Waals surface area contributed by atoms with E-state index in [1.54, 1.807) is 0 Å². The standard InChI is InChI=1S/C11H14O2P.Li/c1-8(2)13-10-4-5-11(14-7-12)9(3)6-10;/h4-8H,1-3H3;/q-1;+1. The van der Waals surface area contributed by atoms with Crippen LogP contribution in [0.5, 0.6) is 5.75 Å². The Balaban J connectivity index is 0.00000196. The molecule has 0 aliphatic carbocycles. The second kappa shape index (κ2) is 7.07. The molecule has 0 N–H and O–H groups in total. The molecule has 0 heterocycles. The molecular weight excluding hydrogens is 202 g/mol. The number of rotatable bonds is 4. The van der Waals surface area contributed by atoms with Crippen LogP contribution < -0.4 is 28.9 Å². The fourth-order valence-electron chi connectivity index (χ4n) is 1.18. The zero-order valence-electron chi connectivity index (χ0n) is 9.65. The molecule has 4 heteroatoms. The first-order valence-corrected chi connectivity index (χ1v) is 5.51. The second-order valence-electron chi connectivity index (χ2n) is 3.35. The summed E-state index contributed by atoms with van der Waals surface area (Å²) in [5, 5.41) is 1.04. The van der Waals surface area contributed by atoms with E-state index in [2.05, 4.69) is 0 Å². The van der Waals surface area contributed by atoms with Gasteiger partial charge in [0.05, 0.1) is 6.10 Å². The molecule has 1 aromatic rings. The SMILES string of the molecule is Cc1cc(OC(C)C)ccc1[P-]C=O.[Li+]. The van der Waals surface area contributed by atoms with Gasteiger partial charge in [-0.1, -0.05) is 11.6 Å². The van der Waals surface area contributed by atoms with E-state index in [0.29, 0.717) is 0 Å². The molecule has 0 aromatic heterocycles. The van der Waals surface area contributed by atoms with E-state index in [9.17, 15) is 4.79 Å². The Kier molecular flexibility index (Phi) is 6.93. The zero-order valence-corrected chi connectivity index (χ0v) is 10.5. The van der Waals surface area contributed by atoms with Crippen molar-refractivity contribution < 1.29 is 28.4 Å². The van der Waals surface area contributed by atoms with Crippen molar-refractivity contribution in [3.8, 4) is 5.75 Å². The van der Waals surface area contributed by atoms with Gasteiger partial charge in [-0.2, -0.15) is 5.30 Å². The normalized spacial score (nSPS) is 10.4. The third kappa shape index (κ3) is 4.84. The molecule has 0 spiro atoms. The molecule has 15 heavy (non-hydrogen) atoms. The molecule has 0 amide bonds. The Morgan fingerprint density at radius 1 is 1.40 bits per heavy atom. The van der Waals surface area contributed by atoms with Crippen molar-refractivity contribution in [2.75, 3.05) is 0 Å². The average Bonchev–Trinajstić information content (AvgIpc) is 2.09. The molecule has 0 fully saturated rings. The fraction of sp³-hybridized carbons (Fsp3) is 0.364. The van der Waals surface area contributed by atoms with Crippen LogP contribution in [0, 0.1) is 6.92 Å². The van der Waals surface area contributed by atoms with E-state index in [4.69, 9.17) is 4.74 Å². The number of hydrogen-bond acceptors (Lipinski definition) is 2. The number of ether oxygens (including phenoxy) is 1. The molecule has 1 aromatic carbocycles. The summed E-state index contributed by atoms with van der Waals surface area (Å²) in [5.41, 5.74) is 1.09. The molecule has 0 aliphatic rings. The summed E-state index contributed by atoms with van der Waals surface area (Å²) in [4.78, 5) is 10.3. The average molecular weight is 216 g/mol. The van der Waals surface area contributed by atoms with Crippen LogP contribution in [0.25, 0.3) is 0 Å². The van der Waals surface area contributed by atoms with Gasteiger partial charge in [0.2, 0.25) is 0 Å². The van der Waals surface area contributed by atoms with Gasteiger partial charge in [-0.15, -0.1) is 0 Å². The van der Waals surface area contributed by atoms with E-state index in [1.807, 2.05) is 39.0 Å². The number of hydrogen-bond donors (Lipinski definition) is 0. The number of carbonyl (C=O) groups excluding carboxylic acids is 1. The largest absolute Gasteiger partial charge is 1.00 e. The first-order valence-electron chi connectivity index (χ1n) is 4.55. The molecule has 0 saturated heterocycles. The molecular formula is C11H14LiO2P. The van der Waals surface area contributed by atoms with Crippen molar-refractivity contribution in [3.05, 3.63) is 23.8 Å². The summed E-state index contributed by atoms with van der Waals surface area (Å²) in [6.07, 6.45) is 0.184. The van der Waals surface area contributed by atoms with E-state index >= 15 is 0 Å². The minimum absolute atomic E-state index is 0. The number of benzene rings is 1. The van der Waals surface area contributed by atoms with Gasteiger partial charge in [0.1, 0.15) is 5.75 Å². The van der Waals surface area contributed by atoms with Gasteiger partial charge in [-0.3, -0.25) is 0 Å². The molecule has 0 bridgehead atoms. The van der Waals surface area contributed by atoms with E-state index in [1.165, 1.54) is 0 Å². The first kappa shape index (κ1) is 14.7. The third-order valence-corrected chi connectivity index (χ3v) is 2.62. The monoisotopic (exact) mass is 216 g/mol. The fourth-order valence-corrected chi connectivity index (χ4v) is 1.72. The first-order chi connectivity index (χ1) is 6.63. The van der Waals surface area contributed by atoms with Crippen molar-refractivity contribution >= 4 is 19.9 Å². The van der Waals surface area contributed by atoms with Gasteiger partial charge in [-0.05, 0) is 38.9 Å². The maximum Gasteiger partial charge on any atom is 1.00 e. The van der Waals surface area contributed by atoms with E-state index in [0.717, 1.165) is 31.2 Å². The minimum Gasteiger partial charge on any atom is -0.491 e. The molecule has 76 valence electrons. The van der Waals surface area contributed by atoms with Crippen LogP contribution >= 0.6 is 8.58 Å². The second-order valence-corrected chi connectivity index (χ2v) is 4.30.